The third kappa shape index (κ3) is 2.87. The summed E-state index contributed by atoms with van der Waals surface area (Å²) in [4.78, 5) is 0. The number of anilines is 1. The van der Waals surface area contributed by atoms with Crippen LogP contribution in [0.15, 0.2) is 45.9 Å². The molecule has 0 aliphatic rings. The van der Waals surface area contributed by atoms with Crippen LogP contribution in [-0.4, -0.2) is 23.0 Å². The Labute approximate surface area is 131 Å². The average molecular weight is 317 g/mol. The van der Waals surface area contributed by atoms with E-state index in [1.807, 2.05) is 31.2 Å². The fourth-order valence-electron chi connectivity index (χ4n) is 1.95. The van der Waals surface area contributed by atoms with Gasteiger partial charge in [-0.1, -0.05) is 23.7 Å². The Morgan fingerprint density at radius 2 is 2.14 bits per heavy atom. The number of benzene rings is 1. The second-order valence-electron chi connectivity index (χ2n) is 4.54. The number of ether oxygens (including phenoxy) is 1. The van der Waals surface area contributed by atoms with E-state index in [-0.39, 0.29) is 0 Å². The highest BCUT2D eigenvalue weighted by molar-refractivity contribution is 6.29. The van der Waals surface area contributed by atoms with Crippen molar-refractivity contribution in [1.29, 1.82) is 0 Å². The van der Waals surface area contributed by atoms with Gasteiger partial charge in [-0.2, -0.15) is 5.10 Å². The molecule has 0 unspecified atom stereocenters. The zero-order valence-electron chi connectivity index (χ0n) is 12.0. The zero-order chi connectivity index (χ0) is 15.5. The molecular formula is C15H13ClN4O2. The number of fused-ring (bicyclic) bond motifs is 1. The maximum Gasteiger partial charge on any atom is 0.176 e. The number of nitrogens with zero attached hydrogens (tertiary/aromatic N) is 3. The van der Waals surface area contributed by atoms with Crippen molar-refractivity contribution >= 4 is 34.1 Å². The lowest BCUT2D eigenvalue weighted by molar-refractivity contribution is 0.410. The lowest BCUT2D eigenvalue weighted by Gasteiger charge is -2.00. The molecule has 0 aliphatic carbocycles. The quantitative estimate of drug-likeness (QED) is 0.586. The lowest BCUT2D eigenvalue weighted by Crippen LogP contribution is -2.00. The number of hydrazone groups is 1. The molecule has 0 aliphatic heterocycles. The lowest BCUT2D eigenvalue weighted by atomic mass is 10.2. The summed E-state index contributed by atoms with van der Waals surface area (Å²) in [6.07, 6.45) is 0. The molecule has 0 bridgehead atoms. The van der Waals surface area contributed by atoms with Crippen molar-refractivity contribution in [1.82, 2.24) is 10.2 Å². The molecule has 0 spiro atoms. The molecule has 0 saturated heterocycles. The fourth-order valence-corrected chi connectivity index (χ4v) is 2.05. The molecule has 7 heteroatoms. The van der Waals surface area contributed by atoms with Crippen molar-refractivity contribution in [3.63, 3.8) is 0 Å². The van der Waals surface area contributed by atoms with E-state index < -0.39 is 0 Å². The third-order valence-electron chi connectivity index (χ3n) is 3.05. The van der Waals surface area contributed by atoms with Crippen LogP contribution in [0.2, 0.25) is 5.15 Å². The van der Waals surface area contributed by atoms with Gasteiger partial charge in [0.05, 0.1) is 7.11 Å². The molecule has 3 rings (SSSR count). The summed E-state index contributed by atoms with van der Waals surface area (Å²) in [5, 5.41) is 13.1. The molecule has 0 atom stereocenters. The molecule has 3 aromatic rings. The first-order valence-electron chi connectivity index (χ1n) is 6.54. The van der Waals surface area contributed by atoms with Crippen LogP contribution < -0.4 is 10.2 Å². The summed E-state index contributed by atoms with van der Waals surface area (Å²) in [6.45, 7) is 1.83. The van der Waals surface area contributed by atoms with Crippen LogP contribution in [0, 0.1) is 0 Å². The fraction of sp³-hybridized carbons (Fsp3) is 0.133. The van der Waals surface area contributed by atoms with Gasteiger partial charge in [0.15, 0.2) is 28.1 Å². The Kier molecular flexibility index (Phi) is 3.93. The molecule has 112 valence electrons. The minimum absolute atomic E-state index is 0.329. The SMILES string of the molecule is COc1cccc2cc(/C(C)=N/Nc3ccc(Cl)nn3)oc12. The molecule has 6 nitrogen and oxygen atoms in total. The van der Waals surface area contributed by atoms with E-state index >= 15 is 0 Å². The van der Waals surface area contributed by atoms with Crippen molar-refractivity contribution < 1.29 is 9.15 Å². The van der Waals surface area contributed by atoms with Gasteiger partial charge in [0.25, 0.3) is 0 Å². The van der Waals surface area contributed by atoms with Crippen LogP contribution in [0.5, 0.6) is 5.75 Å². The number of hydrogen-bond donors (Lipinski definition) is 1. The first kappa shape index (κ1) is 14.3. The zero-order valence-corrected chi connectivity index (χ0v) is 12.8. The van der Waals surface area contributed by atoms with Crippen molar-refractivity contribution in [3.8, 4) is 5.75 Å². The maximum atomic E-state index is 5.81. The van der Waals surface area contributed by atoms with Crippen LogP contribution in [0.25, 0.3) is 11.0 Å². The minimum Gasteiger partial charge on any atom is -0.493 e. The second kappa shape index (κ2) is 6.03. The molecule has 0 radical (unpaired) electrons. The number of rotatable bonds is 4. The monoisotopic (exact) mass is 316 g/mol. The Hall–Kier alpha value is -2.60. The van der Waals surface area contributed by atoms with Gasteiger partial charge in [-0.3, -0.25) is 5.43 Å². The van der Waals surface area contributed by atoms with Crippen molar-refractivity contribution in [3.05, 3.63) is 47.3 Å². The van der Waals surface area contributed by atoms with Crippen molar-refractivity contribution in [2.75, 3.05) is 12.5 Å². The van der Waals surface area contributed by atoms with Crippen LogP contribution in [-0.2, 0) is 0 Å². The molecular weight excluding hydrogens is 304 g/mol. The van der Waals surface area contributed by atoms with E-state index in [1.54, 1.807) is 19.2 Å². The summed E-state index contributed by atoms with van der Waals surface area (Å²) in [6, 6.07) is 10.9. The van der Waals surface area contributed by atoms with E-state index in [2.05, 4.69) is 20.7 Å². The predicted octanol–water partition coefficient (Wildman–Crippen LogP) is 3.72. The number of para-hydroxylation sites is 1. The Morgan fingerprint density at radius 1 is 1.27 bits per heavy atom. The van der Waals surface area contributed by atoms with Gasteiger partial charge < -0.3 is 9.15 Å². The highest BCUT2D eigenvalue weighted by Gasteiger charge is 2.10. The molecule has 1 aromatic carbocycles. The molecule has 2 heterocycles. The normalized spacial score (nSPS) is 11.7. The van der Waals surface area contributed by atoms with Gasteiger partial charge in [0, 0.05) is 5.39 Å². The van der Waals surface area contributed by atoms with Gasteiger partial charge in [-0.15, -0.1) is 10.2 Å². The van der Waals surface area contributed by atoms with Crippen LogP contribution in [0.1, 0.15) is 12.7 Å². The molecule has 0 fully saturated rings. The first-order valence-corrected chi connectivity index (χ1v) is 6.91. The van der Waals surface area contributed by atoms with Gasteiger partial charge in [0.1, 0.15) is 5.71 Å². The van der Waals surface area contributed by atoms with Crippen LogP contribution in [0.4, 0.5) is 5.82 Å². The number of aromatic nitrogens is 2. The Morgan fingerprint density at radius 3 is 2.86 bits per heavy atom. The standard InChI is InChI=1S/C15H13ClN4O2/c1-9(17-19-14-7-6-13(16)18-20-14)12-8-10-4-3-5-11(21-2)15(10)22-12/h3-8H,1-2H3,(H,19,20)/b17-9+. The third-order valence-corrected chi connectivity index (χ3v) is 3.26. The van der Waals surface area contributed by atoms with Crippen LogP contribution in [0.3, 0.4) is 0 Å². The van der Waals surface area contributed by atoms with E-state index in [0.717, 1.165) is 5.39 Å². The summed E-state index contributed by atoms with van der Waals surface area (Å²) < 4.78 is 11.1. The number of methoxy groups -OCH3 is 1. The predicted molar refractivity (Wildman–Crippen MR) is 85.6 cm³/mol. The van der Waals surface area contributed by atoms with Gasteiger partial charge in [-0.25, -0.2) is 0 Å². The Bertz CT molecular complexity index is 827. The molecule has 2 aromatic heterocycles. The van der Waals surface area contributed by atoms with E-state index in [4.69, 9.17) is 20.8 Å². The number of halogens is 1. The summed E-state index contributed by atoms with van der Waals surface area (Å²) in [5.74, 6) is 1.83. The van der Waals surface area contributed by atoms with Crippen LogP contribution >= 0.6 is 11.6 Å². The van der Waals surface area contributed by atoms with Gasteiger partial charge in [0.2, 0.25) is 0 Å². The molecule has 1 N–H and O–H groups in total. The molecule has 22 heavy (non-hydrogen) atoms. The number of nitrogens with one attached hydrogen (secondary N) is 1. The van der Waals surface area contributed by atoms with Gasteiger partial charge in [-0.05, 0) is 31.2 Å². The highest BCUT2D eigenvalue weighted by Crippen LogP contribution is 2.28. The number of hydrogen-bond acceptors (Lipinski definition) is 6. The topological polar surface area (TPSA) is 72.5 Å². The van der Waals surface area contributed by atoms with E-state index in [0.29, 0.717) is 33.8 Å². The smallest absolute Gasteiger partial charge is 0.176 e. The van der Waals surface area contributed by atoms with Gasteiger partial charge >= 0.3 is 0 Å². The Balaban J connectivity index is 1.86. The highest BCUT2D eigenvalue weighted by atomic mass is 35.5. The number of furan rings is 1. The first-order chi connectivity index (χ1) is 10.7. The average Bonchev–Trinajstić information content (AvgIpc) is 2.98. The largest absolute Gasteiger partial charge is 0.493 e. The second-order valence-corrected chi connectivity index (χ2v) is 4.93. The van der Waals surface area contributed by atoms with E-state index in [9.17, 15) is 0 Å². The summed E-state index contributed by atoms with van der Waals surface area (Å²) >= 11 is 5.68. The minimum atomic E-state index is 0.329. The molecule has 0 saturated carbocycles. The summed E-state index contributed by atoms with van der Waals surface area (Å²) in [7, 11) is 1.61. The maximum absolute atomic E-state index is 5.81. The van der Waals surface area contributed by atoms with E-state index in [1.165, 1.54) is 0 Å². The van der Waals surface area contributed by atoms with Crippen molar-refractivity contribution in [2.24, 2.45) is 5.10 Å². The van der Waals surface area contributed by atoms with Crippen molar-refractivity contribution in [2.45, 2.75) is 6.92 Å². The molecule has 0 amide bonds. The summed E-state index contributed by atoms with van der Waals surface area (Å²) in [5.41, 5.74) is 4.18.